The Morgan fingerprint density at radius 1 is 1.40 bits per heavy atom. The molecule has 1 atom stereocenters. The van der Waals surface area contributed by atoms with Crippen molar-refractivity contribution in [3.05, 3.63) is 12.3 Å². The predicted octanol–water partition coefficient (Wildman–Crippen LogP) is 2.33. The van der Waals surface area contributed by atoms with Crippen molar-refractivity contribution >= 4 is 0 Å². The SMILES string of the molecule is C=C1CC(C)(C)CN1C1CCCN(C)C1. The molecule has 86 valence electrons. The van der Waals surface area contributed by atoms with Crippen LogP contribution in [0.25, 0.3) is 0 Å². The van der Waals surface area contributed by atoms with E-state index in [0.29, 0.717) is 5.41 Å². The summed E-state index contributed by atoms with van der Waals surface area (Å²) in [5.41, 5.74) is 1.80. The molecular weight excluding hydrogens is 184 g/mol. The van der Waals surface area contributed by atoms with E-state index in [1.54, 1.807) is 0 Å². The van der Waals surface area contributed by atoms with Gasteiger partial charge in [0, 0.05) is 24.8 Å². The number of likely N-dealkylation sites (tertiary alicyclic amines) is 2. The molecule has 2 fully saturated rings. The zero-order valence-electron chi connectivity index (χ0n) is 10.4. The predicted molar refractivity (Wildman–Crippen MR) is 64.8 cm³/mol. The second kappa shape index (κ2) is 3.82. The highest BCUT2D eigenvalue weighted by molar-refractivity contribution is 5.09. The number of piperidine rings is 1. The van der Waals surface area contributed by atoms with Gasteiger partial charge in [0.25, 0.3) is 0 Å². The maximum absolute atomic E-state index is 4.24. The van der Waals surface area contributed by atoms with E-state index < -0.39 is 0 Å². The molecule has 0 amide bonds. The third-order valence-corrected chi connectivity index (χ3v) is 3.73. The Morgan fingerprint density at radius 2 is 2.13 bits per heavy atom. The molecule has 2 heterocycles. The van der Waals surface area contributed by atoms with E-state index in [9.17, 15) is 0 Å². The van der Waals surface area contributed by atoms with Crippen LogP contribution in [0.2, 0.25) is 0 Å². The van der Waals surface area contributed by atoms with E-state index in [4.69, 9.17) is 0 Å². The third-order valence-electron chi connectivity index (χ3n) is 3.73. The summed E-state index contributed by atoms with van der Waals surface area (Å²) in [5, 5.41) is 0. The van der Waals surface area contributed by atoms with Gasteiger partial charge in [0.15, 0.2) is 0 Å². The maximum atomic E-state index is 4.24. The number of nitrogens with zero attached hydrogens (tertiary/aromatic N) is 2. The summed E-state index contributed by atoms with van der Waals surface area (Å²) >= 11 is 0. The van der Waals surface area contributed by atoms with Crippen molar-refractivity contribution in [3.8, 4) is 0 Å². The third kappa shape index (κ3) is 2.36. The molecule has 2 saturated heterocycles. The monoisotopic (exact) mass is 208 g/mol. The van der Waals surface area contributed by atoms with Crippen molar-refractivity contribution < 1.29 is 0 Å². The average Bonchev–Trinajstić information content (AvgIpc) is 2.40. The number of hydrogen-bond acceptors (Lipinski definition) is 2. The summed E-state index contributed by atoms with van der Waals surface area (Å²) in [4.78, 5) is 5.02. The van der Waals surface area contributed by atoms with Gasteiger partial charge in [-0.15, -0.1) is 0 Å². The summed E-state index contributed by atoms with van der Waals surface area (Å²) < 4.78 is 0. The van der Waals surface area contributed by atoms with Gasteiger partial charge in [0.05, 0.1) is 0 Å². The summed E-state index contributed by atoms with van der Waals surface area (Å²) in [7, 11) is 2.23. The van der Waals surface area contributed by atoms with Crippen molar-refractivity contribution in [1.29, 1.82) is 0 Å². The van der Waals surface area contributed by atoms with Crippen LogP contribution in [-0.2, 0) is 0 Å². The lowest BCUT2D eigenvalue weighted by atomic mass is 9.92. The highest BCUT2D eigenvalue weighted by Gasteiger charge is 2.36. The standard InChI is InChI=1S/C13H24N2/c1-11-8-13(2,3)10-15(11)12-6-5-7-14(4)9-12/h12H,1,5-10H2,2-4H3. The fourth-order valence-electron chi connectivity index (χ4n) is 3.06. The maximum Gasteiger partial charge on any atom is 0.0414 e. The lowest BCUT2D eigenvalue weighted by molar-refractivity contribution is 0.141. The van der Waals surface area contributed by atoms with E-state index in [1.165, 1.54) is 44.6 Å². The number of likely N-dealkylation sites (N-methyl/N-ethyl adjacent to an activating group) is 1. The second-order valence-electron chi connectivity index (χ2n) is 6.09. The minimum atomic E-state index is 0.438. The van der Waals surface area contributed by atoms with Crippen molar-refractivity contribution in [2.24, 2.45) is 5.41 Å². The second-order valence-corrected chi connectivity index (χ2v) is 6.09. The lowest BCUT2D eigenvalue weighted by Crippen LogP contribution is -2.45. The first-order valence-electron chi connectivity index (χ1n) is 6.11. The van der Waals surface area contributed by atoms with Gasteiger partial charge in [-0.1, -0.05) is 20.4 Å². The molecule has 0 aromatic carbocycles. The number of allylic oxidation sites excluding steroid dienone is 1. The molecule has 0 bridgehead atoms. The molecule has 2 nitrogen and oxygen atoms in total. The topological polar surface area (TPSA) is 6.48 Å². The van der Waals surface area contributed by atoms with Crippen LogP contribution in [-0.4, -0.2) is 42.5 Å². The molecule has 0 spiro atoms. The van der Waals surface area contributed by atoms with E-state index >= 15 is 0 Å². The normalized spacial score (nSPS) is 32.3. The zero-order chi connectivity index (χ0) is 11.1. The van der Waals surface area contributed by atoms with Crippen LogP contribution < -0.4 is 0 Å². The Kier molecular flexibility index (Phi) is 2.80. The van der Waals surface area contributed by atoms with Gasteiger partial charge >= 0.3 is 0 Å². The summed E-state index contributed by atoms with van der Waals surface area (Å²) in [5.74, 6) is 0. The Morgan fingerprint density at radius 3 is 2.67 bits per heavy atom. The summed E-state index contributed by atoms with van der Waals surface area (Å²) in [6.45, 7) is 12.6. The fourth-order valence-corrected chi connectivity index (χ4v) is 3.06. The van der Waals surface area contributed by atoms with E-state index in [2.05, 4.69) is 37.3 Å². The molecule has 2 heteroatoms. The molecular formula is C13H24N2. The quantitative estimate of drug-likeness (QED) is 0.652. The van der Waals surface area contributed by atoms with Crippen molar-refractivity contribution in [2.45, 2.75) is 39.2 Å². The minimum absolute atomic E-state index is 0.438. The molecule has 1 unspecified atom stereocenters. The first-order chi connectivity index (χ1) is 6.98. The molecule has 0 aromatic rings. The van der Waals surface area contributed by atoms with Crippen LogP contribution in [0, 0.1) is 5.41 Å². The van der Waals surface area contributed by atoms with Gasteiger partial charge in [-0.05, 0) is 38.3 Å². The Balaban J connectivity index is 2.01. The first kappa shape index (κ1) is 11.0. The van der Waals surface area contributed by atoms with Crippen molar-refractivity contribution in [1.82, 2.24) is 9.80 Å². The van der Waals surface area contributed by atoms with Gasteiger partial charge in [-0.3, -0.25) is 0 Å². The fraction of sp³-hybridized carbons (Fsp3) is 0.846. The van der Waals surface area contributed by atoms with Gasteiger partial charge in [-0.25, -0.2) is 0 Å². The molecule has 0 aliphatic carbocycles. The largest absolute Gasteiger partial charge is 0.370 e. The summed E-state index contributed by atoms with van der Waals surface area (Å²) in [6.07, 6.45) is 3.86. The molecule has 0 N–H and O–H groups in total. The van der Waals surface area contributed by atoms with Crippen LogP contribution in [0.15, 0.2) is 12.3 Å². The van der Waals surface area contributed by atoms with Crippen LogP contribution in [0.5, 0.6) is 0 Å². The van der Waals surface area contributed by atoms with Gasteiger partial charge in [0.1, 0.15) is 0 Å². The lowest BCUT2D eigenvalue weighted by Gasteiger charge is -2.38. The van der Waals surface area contributed by atoms with E-state index in [0.717, 1.165) is 6.04 Å². The van der Waals surface area contributed by atoms with Crippen LogP contribution in [0.4, 0.5) is 0 Å². The minimum Gasteiger partial charge on any atom is -0.370 e. The number of rotatable bonds is 1. The highest BCUT2D eigenvalue weighted by atomic mass is 15.2. The Bertz CT molecular complexity index is 257. The zero-order valence-corrected chi connectivity index (χ0v) is 10.4. The van der Waals surface area contributed by atoms with E-state index in [1.807, 2.05) is 0 Å². The van der Waals surface area contributed by atoms with Crippen LogP contribution in [0.3, 0.4) is 0 Å². The molecule has 2 rings (SSSR count). The van der Waals surface area contributed by atoms with Crippen LogP contribution >= 0.6 is 0 Å². The molecule has 15 heavy (non-hydrogen) atoms. The Hall–Kier alpha value is -0.500. The molecule has 2 aliphatic rings. The molecule has 0 aromatic heterocycles. The first-order valence-corrected chi connectivity index (χ1v) is 6.11. The molecule has 0 saturated carbocycles. The van der Waals surface area contributed by atoms with Crippen molar-refractivity contribution in [2.75, 3.05) is 26.7 Å². The number of hydrogen-bond donors (Lipinski definition) is 0. The van der Waals surface area contributed by atoms with Gasteiger partial charge in [0.2, 0.25) is 0 Å². The smallest absolute Gasteiger partial charge is 0.0414 e. The van der Waals surface area contributed by atoms with Gasteiger partial charge in [-0.2, -0.15) is 0 Å². The van der Waals surface area contributed by atoms with Crippen molar-refractivity contribution in [3.63, 3.8) is 0 Å². The molecule has 2 aliphatic heterocycles. The van der Waals surface area contributed by atoms with Gasteiger partial charge < -0.3 is 9.80 Å². The summed E-state index contributed by atoms with van der Waals surface area (Å²) in [6, 6.07) is 0.720. The highest BCUT2D eigenvalue weighted by Crippen LogP contribution is 2.38. The average molecular weight is 208 g/mol. The molecule has 0 radical (unpaired) electrons. The Labute approximate surface area is 93.9 Å². The van der Waals surface area contributed by atoms with E-state index in [-0.39, 0.29) is 0 Å². The van der Waals surface area contributed by atoms with Crippen LogP contribution in [0.1, 0.15) is 33.1 Å².